The maximum absolute atomic E-state index is 10.7. The van der Waals surface area contributed by atoms with Crippen molar-refractivity contribution in [1.82, 2.24) is 0 Å². The molecule has 0 saturated heterocycles. The van der Waals surface area contributed by atoms with Crippen LogP contribution in [0.15, 0.2) is 11.1 Å². The number of benzene rings is 1. The van der Waals surface area contributed by atoms with Gasteiger partial charge in [0.05, 0.1) is 5.02 Å². The molecular formula is C16H18ClNO2. The van der Waals surface area contributed by atoms with Crippen molar-refractivity contribution in [3.63, 3.8) is 0 Å². The summed E-state index contributed by atoms with van der Waals surface area (Å²) in [5.41, 5.74) is 2.43. The average molecular weight is 292 g/mol. The molecule has 3 nitrogen and oxygen atoms in total. The van der Waals surface area contributed by atoms with Crippen LogP contribution in [0.5, 0.6) is 5.75 Å². The van der Waals surface area contributed by atoms with Crippen molar-refractivity contribution in [2.45, 2.75) is 56.9 Å². The Bertz CT molecular complexity index is 587. The second-order valence-corrected chi connectivity index (χ2v) is 6.25. The molecular weight excluding hydrogens is 274 g/mol. The minimum absolute atomic E-state index is 0.117. The average Bonchev–Trinajstić information content (AvgIpc) is 2.64. The topological polar surface area (TPSA) is 49.7 Å². The van der Waals surface area contributed by atoms with Crippen molar-refractivity contribution in [3.05, 3.63) is 27.8 Å². The lowest BCUT2D eigenvalue weighted by molar-refractivity contribution is 0.247. The first-order valence-electron chi connectivity index (χ1n) is 7.31. The number of phenolic OH excluding ortho intramolecular Hbond substituents is 1. The first kappa shape index (κ1) is 13.7. The van der Waals surface area contributed by atoms with Gasteiger partial charge in [-0.1, -0.05) is 18.0 Å². The molecule has 4 heteroatoms. The van der Waals surface area contributed by atoms with Crippen LogP contribution in [0, 0.1) is 0 Å². The van der Waals surface area contributed by atoms with E-state index in [-0.39, 0.29) is 5.75 Å². The number of phenols is 1. The minimum Gasteiger partial charge on any atom is -0.506 e. The van der Waals surface area contributed by atoms with E-state index in [1.807, 2.05) is 6.07 Å². The van der Waals surface area contributed by atoms with E-state index in [9.17, 15) is 9.90 Å². The van der Waals surface area contributed by atoms with Crippen LogP contribution >= 0.6 is 11.6 Å². The molecule has 0 unspecified atom stereocenters. The van der Waals surface area contributed by atoms with Gasteiger partial charge in [-0.25, -0.2) is 4.79 Å². The van der Waals surface area contributed by atoms with Crippen molar-refractivity contribution < 1.29 is 9.90 Å². The molecule has 2 aliphatic carbocycles. The maximum Gasteiger partial charge on any atom is 0.235 e. The van der Waals surface area contributed by atoms with Crippen LogP contribution in [0.3, 0.4) is 0 Å². The molecule has 3 rings (SSSR count). The Morgan fingerprint density at radius 3 is 2.60 bits per heavy atom. The third-order valence-electron chi connectivity index (χ3n) is 4.75. The molecule has 106 valence electrons. The monoisotopic (exact) mass is 291 g/mol. The Morgan fingerprint density at radius 1 is 1.20 bits per heavy atom. The summed E-state index contributed by atoms with van der Waals surface area (Å²) in [6.45, 7) is 0. The summed E-state index contributed by atoms with van der Waals surface area (Å²) in [5.74, 6) is 0.117. The number of halogens is 1. The van der Waals surface area contributed by atoms with Crippen LogP contribution in [0.25, 0.3) is 0 Å². The summed E-state index contributed by atoms with van der Waals surface area (Å²) in [7, 11) is 0. The molecule has 1 fully saturated rings. The lowest BCUT2D eigenvalue weighted by Gasteiger charge is -2.38. The highest BCUT2D eigenvalue weighted by Gasteiger charge is 2.42. The van der Waals surface area contributed by atoms with Crippen LogP contribution in [0.4, 0.5) is 0 Å². The highest BCUT2D eigenvalue weighted by Crippen LogP contribution is 2.51. The largest absolute Gasteiger partial charge is 0.506 e. The van der Waals surface area contributed by atoms with E-state index in [1.165, 1.54) is 12.0 Å². The fourth-order valence-electron chi connectivity index (χ4n) is 3.41. The molecule has 0 radical (unpaired) electrons. The zero-order chi connectivity index (χ0) is 14.2. The van der Waals surface area contributed by atoms with E-state index in [1.54, 1.807) is 6.08 Å². The van der Waals surface area contributed by atoms with Gasteiger partial charge in [0.15, 0.2) is 0 Å². The molecule has 1 aromatic carbocycles. The van der Waals surface area contributed by atoms with Crippen LogP contribution < -0.4 is 0 Å². The van der Waals surface area contributed by atoms with E-state index in [2.05, 4.69) is 4.99 Å². The van der Waals surface area contributed by atoms with Crippen molar-refractivity contribution in [1.29, 1.82) is 0 Å². The lowest BCUT2D eigenvalue weighted by atomic mass is 9.71. The number of hydrogen-bond donors (Lipinski definition) is 1. The maximum atomic E-state index is 10.7. The van der Waals surface area contributed by atoms with Gasteiger partial charge in [0.2, 0.25) is 6.08 Å². The van der Waals surface area contributed by atoms with E-state index in [4.69, 9.17) is 11.6 Å². The number of rotatable bonds is 2. The molecule has 0 heterocycles. The molecule has 20 heavy (non-hydrogen) atoms. The summed E-state index contributed by atoms with van der Waals surface area (Å²) in [6, 6.07) is 2.03. The molecule has 0 aromatic heterocycles. The summed E-state index contributed by atoms with van der Waals surface area (Å²) in [6.07, 6.45) is 9.62. The molecule has 0 atom stereocenters. The van der Waals surface area contributed by atoms with E-state index < -0.39 is 5.54 Å². The van der Waals surface area contributed by atoms with E-state index in [0.717, 1.165) is 56.1 Å². The van der Waals surface area contributed by atoms with Crippen molar-refractivity contribution in [2.24, 2.45) is 4.99 Å². The number of carbonyl (C=O) groups excluding carboxylic acids is 1. The number of nitrogens with zero attached hydrogens (tertiary/aromatic N) is 1. The number of aryl methyl sites for hydroxylation is 1. The van der Waals surface area contributed by atoms with Crippen LogP contribution in [-0.2, 0) is 23.2 Å². The van der Waals surface area contributed by atoms with Crippen LogP contribution in [0.2, 0.25) is 5.02 Å². The molecule has 1 saturated carbocycles. The van der Waals surface area contributed by atoms with Gasteiger partial charge in [0.1, 0.15) is 11.3 Å². The van der Waals surface area contributed by atoms with Gasteiger partial charge in [-0.15, -0.1) is 0 Å². The summed E-state index contributed by atoms with van der Waals surface area (Å²) >= 11 is 6.39. The number of fused-ring (bicyclic) bond motifs is 1. The SMILES string of the molecule is O=C=NC1(c2cc3c(c(Cl)c2O)CCCCC3)CCC1. The third-order valence-corrected chi connectivity index (χ3v) is 5.16. The number of isocyanates is 1. The Labute approximate surface area is 123 Å². The Hall–Kier alpha value is -1.31. The van der Waals surface area contributed by atoms with Gasteiger partial charge in [-0.2, -0.15) is 4.99 Å². The third kappa shape index (κ3) is 2.06. The van der Waals surface area contributed by atoms with E-state index >= 15 is 0 Å². The quantitative estimate of drug-likeness (QED) is 0.508. The standard InChI is InChI=1S/C16H18ClNO2/c17-14-12-6-3-1-2-5-11(12)9-13(15(14)20)16(18-10-19)7-4-8-16/h9,20H,1-8H2. The van der Waals surface area contributed by atoms with Crippen molar-refractivity contribution >= 4 is 17.7 Å². The van der Waals surface area contributed by atoms with Gasteiger partial charge in [-0.3, -0.25) is 0 Å². The Balaban J connectivity index is 2.15. The predicted molar refractivity (Wildman–Crippen MR) is 78.0 cm³/mol. The number of hydrogen-bond acceptors (Lipinski definition) is 3. The van der Waals surface area contributed by atoms with Gasteiger partial charge in [0.25, 0.3) is 0 Å². The fraction of sp³-hybridized carbons (Fsp3) is 0.562. The summed E-state index contributed by atoms with van der Waals surface area (Å²) < 4.78 is 0. The molecule has 0 amide bonds. The zero-order valence-electron chi connectivity index (χ0n) is 11.4. The molecule has 0 aliphatic heterocycles. The lowest BCUT2D eigenvalue weighted by Crippen LogP contribution is -2.32. The van der Waals surface area contributed by atoms with E-state index in [0.29, 0.717) is 5.02 Å². The highest BCUT2D eigenvalue weighted by molar-refractivity contribution is 6.33. The second kappa shape index (κ2) is 5.23. The number of aliphatic imine (C=N–C) groups is 1. The summed E-state index contributed by atoms with van der Waals surface area (Å²) in [4.78, 5) is 14.7. The van der Waals surface area contributed by atoms with Crippen molar-refractivity contribution in [3.8, 4) is 5.75 Å². The summed E-state index contributed by atoms with van der Waals surface area (Å²) in [5, 5.41) is 10.9. The molecule has 2 aliphatic rings. The van der Waals surface area contributed by atoms with Crippen LogP contribution in [0.1, 0.15) is 55.2 Å². The zero-order valence-corrected chi connectivity index (χ0v) is 12.2. The number of aromatic hydroxyl groups is 1. The Kier molecular flexibility index (Phi) is 3.57. The highest BCUT2D eigenvalue weighted by atomic mass is 35.5. The molecule has 1 aromatic rings. The molecule has 1 N–H and O–H groups in total. The van der Waals surface area contributed by atoms with Crippen molar-refractivity contribution in [2.75, 3.05) is 0 Å². The Morgan fingerprint density at radius 2 is 1.95 bits per heavy atom. The van der Waals surface area contributed by atoms with Gasteiger partial charge in [-0.05, 0) is 62.1 Å². The first-order valence-corrected chi connectivity index (χ1v) is 7.68. The molecule has 0 spiro atoms. The predicted octanol–water partition coefficient (Wildman–Crippen LogP) is 4.03. The van der Waals surface area contributed by atoms with Gasteiger partial charge >= 0.3 is 0 Å². The fourth-order valence-corrected chi connectivity index (χ4v) is 3.73. The second-order valence-electron chi connectivity index (χ2n) is 5.87. The first-order chi connectivity index (χ1) is 9.68. The van der Waals surface area contributed by atoms with Gasteiger partial charge < -0.3 is 5.11 Å². The van der Waals surface area contributed by atoms with Crippen LogP contribution in [-0.4, -0.2) is 11.2 Å². The smallest absolute Gasteiger partial charge is 0.235 e. The molecule has 0 bridgehead atoms. The minimum atomic E-state index is -0.587. The normalized spacial score (nSPS) is 20.2. The van der Waals surface area contributed by atoms with Gasteiger partial charge in [0, 0.05) is 5.56 Å².